The molecule has 1 atom stereocenters. The molecule has 146 valence electrons. The van der Waals surface area contributed by atoms with Crippen LogP contribution >= 0.6 is 24.0 Å². The van der Waals surface area contributed by atoms with Crippen LogP contribution in [0.15, 0.2) is 24.3 Å². The van der Waals surface area contributed by atoms with Crippen LogP contribution in [0.1, 0.15) is 12.0 Å². The van der Waals surface area contributed by atoms with Gasteiger partial charge >= 0.3 is 0 Å². The second-order valence-corrected chi connectivity index (χ2v) is 7.68. The van der Waals surface area contributed by atoms with Crippen molar-refractivity contribution in [3.63, 3.8) is 0 Å². The summed E-state index contributed by atoms with van der Waals surface area (Å²) in [6.45, 7) is 2.12. The zero-order valence-corrected chi connectivity index (χ0v) is 16.2. The fourth-order valence-electron chi connectivity index (χ4n) is 2.60. The molecule has 0 saturated carbocycles. The van der Waals surface area contributed by atoms with Gasteiger partial charge in [-0.15, -0.1) is 0 Å². The van der Waals surface area contributed by atoms with E-state index in [1.807, 2.05) is 4.90 Å². The third-order valence-corrected chi connectivity index (χ3v) is 5.69. The molecule has 27 heavy (non-hydrogen) atoms. The average molecular weight is 412 g/mol. The highest BCUT2D eigenvalue weighted by molar-refractivity contribution is 8.22. The van der Waals surface area contributed by atoms with Crippen LogP contribution in [0, 0.1) is 10.1 Å². The van der Waals surface area contributed by atoms with Crippen molar-refractivity contribution < 1.29 is 14.5 Å². The number of nitro groups is 1. The lowest BCUT2D eigenvalue weighted by molar-refractivity contribution is -0.384. The molecule has 2 amide bonds. The molecule has 1 aliphatic heterocycles. The fraction of sp³-hybridized carbons (Fsp3) is 0.438. The lowest BCUT2D eigenvalue weighted by Crippen LogP contribution is -2.54. The quantitative estimate of drug-likeness (QED) is 0.391. The highest BCUT2D eigenvalue weighted by Gasteiger charge is 2.27. The molecule has 2 rings (SSSR count). The zero-order valence-electron chi connectivity index (χ0n) is 14.6. The summed E-state index contributed by atoms with van der Waals surface area (Å²) in [7, 11) is 0. The van der Waals surface area contributed by atoms with Crippen molar-refractivity contribution in [2.75, 3.05) is 26.2 Å². The number of carbonyl (C=O) groups is 2. The molecule has 1 aliphatic rings. The number of hydrogen-bond acceptors (Lipinski definition) is 7. The molecular formula is C16H21N5O4S2. The third-order valence-electron chi connectivity index (χ3n) is 4.10. The van der Waals surface area contributed by atoms with Gasteiger partial charge in [-0.05, 0) is 5.56 Å². The smallest absolute Gasteiger partial charge is 0.269 e. The van der Waals surface area contributed by atoms with Crippen LogP contribution in [0.3, 0.4) is 0 Å². The Morgan fingerprint density at radius 2 is 1.74 bits per heavy atom. The molecule has 0 aromatic heterocycles. The molecule has 1 fully saturated rings. The molecule has 0 spiro atoms. The SMILES string of the molecule is NC(=O)CC(N)C(=O)N1CCN(C(=S)SCc2ccc([N+](=O)[O-])cc2)CC1. The van der Waals surface area contributed by atoms with Crippen molar-refractivity contribution in [2.45, 2.75) is 18.2 Å². The minimum Gasteiger partial charge on any atom is -0.370 e. The van der Waals surface area contributed by atoms with Gasteiger partial charge < -0.3 is 21.3 Å². The van der Waals surface area contributed by atoms with Gasteiger partial charge in [-0.3, -0.25) is 19.7 Å². The number of amides is 2. The number of benzene rings is 1. The number of primary amides is 1. The minimum atomic E-state index is -0.905. The number of hydrogen-bond donors (Lipinski definition) is 2. The summed E-state index contributed by atoms with van der Waals surface area (Å²) in [6.07, 6.45) is -0.164. The van der Waals surface area contributed by atoms with E-state index < -0.39 is 16.9 Å². The molecule has 1 saturated heterocycles. The first-order chi connectivity index (χ1) is 12.8. The Labute approximate surface area is 166 Å². The molecule has 0 radical (unpaired) electrons. The van der Waals surface area contributed by atoms with Gasteiger partial charge in [0.2, 0.25) is 11.8 Å². The Bertz CT molecular complexity index is 720. The van der Waals surface area contributed by atoms with Crippen molar-refractivity contribution >= 4 is 45.8 Å². The Morgan fingerprint density at radius 3 is 2.26 bits per heavy atom. The van der Waals surface area contributed by atoms with Crippen LogP contribution in [0.4, 0.5) is 5.69 Å². The van der Waals surface area contributed by atoms with Crippen LogP contribution in [-0.4, -0.2) is 63.1 Å². The molecule has 9 nitrogen and oxygen atoms in total. The number of carbonyl (C=O) groups excluding carboxylic acids is 2. The highest BCUT2D eigenvalue weighted by atomic mass is 32.2. The van der Waals surface area contributed by atoms with Gasteiger partial charge in [0, 0.05) is 44.1 Å². The van der Waals surface area contributed by atoms with Gasteiger partial charge in [-0.2, -0.15) is 0 Å². The van der Waals surface area contributed by atoms with Crippen LogP contribution < -0.4 is 11.5 Å². The van der Waals surface area contributed by atoms with Gasteiger partial charge in [-0.1, -0.05) is 36.1 Å². The van der Waals surface area contributed by atoms with E-state index in [0.29, 0.717) is 36.3 Å². The van der Waals surface area contributed by atoms with E-state index in [4.69, 9.17) is 23.7 Å². The van der Waals surface area contributed by atoms with Gasteiger partial charge in [0.25, 0.3) is 5.69 Å². The minimum absolute atomic E-state index is 0.0571. The van der Waals surface area contributed by atoms with Gasteiger partial charge in [-0.25, -0.2) is 0 Å². The first-order valence-corrected chi connectivity index (χ1v) is 9.65. The Hall–Kier alpha value is -2.24. The molecule has 0 aliphatic carbocycles. The lowest BCUT2D eigenvalue weighted by atomic mass is 10.1. The summed E-state index contributed by atoms with van der Waals surface area (Å²) in [5, 5.41) is 10.7. The number of nitrogens with zero attached hydrogens (tertiary/aromatic N) is 3. The van der Waals surface area contributed by atoms with Crippen molar-refractivity contribution in [3.05, 3.63) is 39.9 Å². The second kappa shape index (κ2) is 9.62. The Morgan fingerprint density at radius 1 is 1.19 bits per heavy atom. The molecule has 11 heteroatoms. The fourth-order valence-corrected chi connectivity index (χ4v) is 3.81. The van der Waals surface area contributed by atoms with Crippen LogP contribution in [0.5, 0.6) is 0 Å². The summed E-state index contributed by atoms with van der Waals surface area (Å²) >= 11 is 6.92. The monoisotopic (exact) mass is 411 g/mol. The zero-order chi connectivity index (χ0) is 20.0. The number of piperazine rings is 1. The molecule has 1 unspecified atom stereocenters. The van der Waals surface area contributed by atoms with Crippen molar-refractivity contribution in [1.29, 1.82) is 0 Å². The van der Waals surface area contributed by atoms with Gasteiger partial charge in [0.15, 0.2) is 0 Å². The topological polar surface area (TPSA) is 136 Å². The standard InChI is InChI=1S/C16H21N5O4S2/c17-13(9-14(18)22)15(23)19-5-7-20(8-6-19)16(26)27-10-11-1-3-12(4-2-11)21(24)25/h1-4,13H,5-10,17H2,(H2,18,22). The molecule has 4 N–H and O–H groups in total. The summed E-state index contributed by atoms with van der Waals surface area (Å²) < 4.78 is 0.710. The number of thiocarbonyl (C=S) groups is 1. The largest absolute Gasteiger partial charge is 0.370 e. The van der Waals surface area contributed by atoms with E-state index in [2.05, 4.69) is 0 Å². The van der Waals surface area contributed by atoms with E-state index in [1.54, 1.807) is 17.0 Å². The molecular weight excluding hydrogens is 390 g/mol. The third kappa shape index (κ3) is 6.15. The number of nitro benzene ring substituents is 1. The van der Waals surface area contributed by atoms with E-state index >= 15 is 0 Å². The Balaban J connectivity index is 1.78. The first kappa shape index (κ1) is 21.1. The van der Waals surface area contributed by atoms with Gasteiger partial charge in [0.1, 0.15) is 4.32 Å². The van der Waals surface area contributed by atoms with Crippen LogP contribution in [0.25, 0.3) is 0 Å². The lowest BCUT2D eigenvalue weighted by Gasteiger charge is -2.36. The maximum atomic E-state index is 12.2. The molecule has 1 heterocycles. The normalized spacial score (nSPS) is 15.3. The summed E-state index contributed by atoms with van der Waals surface area (Å²) in [5.41, 5.74) is 11.8. The predicted octanol–water partition coefficient (Wildman–Crippen LogP) is 0.460. The van der Waals surface area contributed by atoms with Crippen molar-refractivity contribution in [3.8, 4) is 0 Å². The maximum Gasteiger partial charge on any atom is 0.269 e. The first-order valence-electron chi connectivity index (χ1n) is 8.25. The van der Waals surface area contributed by atoms with E-state index in [-0.39, 0.29) is 18.0 Å². The Kier molecular flexibility index (Phi) is 7.51. The molecule has 0 bridgehead atoms. The van der Waals surface area contributed by atoms with Crippen molar-refractivity contribution in [1.82, 2.24) is 9.80 Å². The summed E-state index contributed by atoms with van der Waals surface area (Å²) in [6, 6.07) is 5.46. The number of nitrogens with two attached hydrogens (primary N) is 2. The number of non-ortho nitro benzene ring substituents is 1. The average Bonchev–Trinajstić information content (AvgIpc) is 2.65. The van der Waals surface area contributed by atoms with E-state index in [1.165, 1.54) is 23.9 Å². The van der Waals surface area contributed by atoms with Crippen molar-refractivity contribution in [2.24, 2.45) is 11.5 Å². The van der Waals surface area contributed by atoms with Gasteiger partial charge in [0.05, 0.1) is 17.4 Å². The number of rotatable bonds is 6. The number of thioether (sulfide) groups is 1. The maximum absolute atomic E-state index is 12.2. The van der Waals surface area contributed by atoms with Crippen LogP contribution in [0.2, 0.25) is 0 Å². The summed E-state index contributed by atoms with van der Waals surface area (Å²) in [5.74, 6) is -0.268. The molecule has 1 aromatic carbocycles. The van der Waals surface area contributed by atoms with E-state index in [9.17, 15) is 19.7 Å². The summed E-state index contributed by atoms with van der Waals surface area (Å²) in [4.78, 5) is 36.9. The van der Waals surface area contributed by atoms with Crippen LogP contribution in [-0.2, 0) is 15.3 Å². The predicted molar refractivity (Wildman–Crippen MR) is 107 cm³/mol. The van der Waals surface area contributed by atoms with E-state index in [0.717, 1.165) is 5.56 Å². The molecule has 1 aromatic rings. The second-order valence-electron chi connectivity index (χ2n) is 6.07. The highest BCUT2D eigenvalue weighted by Crippen LogP contribution is 2.20.